The molecule has 72 heavy (non-hydrogen) atoms. The molecule has 0 aromatic heterocycles. The molecule has 0 atom stereocenters. The monoisotopic (exact) mass is 1140 g/mol. The van der Waals surface area contributed by atoms with E-state index in [9.17, 15) is 69.1 Å². The van der Waals surface area contributed by atoms with Gasteiger partial charge in [-0.05, 0) is 188 Å². The van der Waals surface area contributed by atoms with Crippen molar-refractivity contribution in [3.63, 3.8) is 0 Å². The first-order valence-corrected chi connectivity index (χ1v) is 30.8. The van der Waals surface area contributed by atoms with Crippen molar-refractivity contribution in [2.45, 2.75) is 232 Å². The summed E-state index contributed by atoms with van der Waals surface area (Å²) in [5, 5.41) is 3.32. The van der Waals surface area contributed by atoms with E-state index in [1.165, 1.54) is 24.6 Å². The minimum Gasteiger partial charge on any atom is -0.418 e. The molecule has 0 bridgehead atoms. The van der Waals surface area contributed by atoms with Crippen LogP contribution in [0.15, 0.2) is 48.5 Å². The summed E-state index contributed by atoms with van der Waals surface area (Å²) in [6.45, 7) is 58.9. The van der Waals surface area contributed by atoms with Gasteiger partial charge in [0.05, 0.1) is 65.9 Å². The van der Waals surface area contributed by atoms with E-state index in [-0.39, 0.29) is 0 Å². The van der Waals surface area contributed by atoms with Gasteiger partial charge in [0.15, 0.2) is 0 Å². The van der Waals surface area contributed by atoms with E-state index in [0.29, 0.717) is 41.2 Å². The number of hydrogen-bond donors (Lipinski definition) is 0. The average molecular weight is 1140 g/mol. The van der Waals surface area contributed by atoms with E-state index in [1.807, 2.05) is 0 Å². The van der Waals surface area contributed by atoms with Crippen molar-refractivity contribution in [1.82, 2.24) is 0 Å². The quantitative estimate of drug-likeness (QED) is 0.140. The number of hydrogen-bond acceptors (Lipinski definition) is 0. The normalized spacial score (nSPS) is 13.7. The number of halogens is 16. The molecular weight excluding hydrogens is 1050 g/mol. The Bertz CT molecular complexity index is 1460. The Morgan fingerprint density at radius 1 is 0.236 bits per heavy atom. The van der Waals surface area contributed by atoms with Gasteiger partial charge in [-0.25, -0.2) is 0 Å². The molecule has 0 nitrogen and oxygen atoms in total. The molecule has 0 aliphatic rings. The third-order valence-electron chi connectivity index (χ3n) is 10.9. The summed E-state index contributed by atoms with van der Waals surface area (Å²) in [4.78, 5) is 0. The third kappa shape index (κ3) is 44.4. The van der Waals surface area contributed by atoms with Crippen LogP contribution in [-0.2, 0) is 24.6 Å². The van der Waals surface area contributed by atoms with Crippen LogP contribution in [0, 0.1) is 0 Å². The van der Waals surface area contributed by atoms with Crippen molar-refractivity contribution in [3.05, 3.63) is 70.8 Å². The molecule has 0 saturated carbocycles. The first-order chi connectivity index (χ1) is 30.9. The van der Waals surface area contributed by atoms with Gasteiger partial charge in [0.2, 0.25) is 0 Å². The number of benzene rings is 2. The summed E-state index contributed by atoms with van der Waals surface area (Å²) in [5.41, 5.74) is 6.51. The minimum absolute atomic E-state index is 0.415. The summed E-state index contributed by atoms with van der Waals surface area (Å²) in [6, 6.07) is 18.7. The van der Waals surface area contributed by atoms with Crippen molar-refractivity contribution in [3.8, 4) is 0 Å². The maximum Gasteiger partial charge on any atom is 0.673 e. The predicted molar refractivity (Wildman–Crippen MR) is 300 cm³/mol. The predicted octanol–water partition coefficient (Wildman–Crippen LogP) is 21.8. The summed E-state index contributed by atoms with van der Waals surface area (Å²) < 4.78 is 156. The van der Waals surface area contributed by atoms with Crippen molar-refractivity contribution in [1.29, 1.82) is 0 Å². The smallest absolute Gasteiger partial charge is 0.418 e. The molecule has 0 amide bonds. The molecule has 0 aliphatic carbocycles. The van der Waals surface area contributed by atoms with Gasteiger partial charge in [-0.3, -0.25) is 0 Å². The molecule has 0 heterocycles. The average Bonchev–Trinajstić information content (AvgIpc) is 3.01. The van der Waals surface area contributed by atoms with E-state index in [1.54, 1.807) is 22.3 Å². The SMILES string of the molecule is CC(C)(C)[PH+](Cc1ccccc1C[PH+](C(C)(C)C)C(C)(C)C)C(C)(C)C.CC(C)(C)[PH+](Cc1ccccc1C[PH+](C(C)(C)C)C(C)(C)C)C(C)(C)C.F[B-](F)(F)F.F[B-](F)(F)F.F[B-](F)(F)F.F[B-](F)(F)F. The van der Waals surface area contributed by atoms with Gasteiger partial charge in [-0.15, -0.1) is 0 Å². The van der Waals surface area contributed by atoms with Crippen LogP contribution < -0.4 is 0 Å². The lowest BCUT2D eigenvalue weighted by Gasteiger charge is -2.36. The molecule has 428 valence electrons. The lowest BCUT2D eigenvalue weighted by atomic mass is 10.1. The Morgan fingerprint density at radius 2 is 0.319 bits per heavy atom. The van der Waals surface area contributed by atoms with Crippen LogP contribution in [-0.4, -0.2) is 70.3 Å². The maximum absolute atomic E-state index is 9.75. The standard InChI is InChI=1S/2C24H44P2.4BF4/c2*1-21(2,3)25(22(4,5)6)17-19-15-13-14-16-20(19)18-26(23(7,8)9)24(10,11)12;4*2-1(3,4)5/h2*13-16H,17-18H2,1-12H3;;;;/q;;4*-1/p+4. The Hall–Kier alpha value is -0.700. The molecule has 0 spiro atoms. The fourth-order valence-corrected chi connectivity index (χ4v) is 25.3. The van der Waals surface area contributed by atoms with Crippen molar-refractivity contribution in [2.75, 3.05) is 0 Å². The lowest BCUT2D eigenvalue weighted by molar-refractivity contribution is 0.366. The Labute approximate surface area is 431 Å². The van der Waals surface area contributed by atoms with E-state index in [4.69, 9.17) is 0 Å². The molecule has 0 aliphatic heterocycles. The van der Waals surface area contributed by atoms with Crippen molar-refractivity contribution < 1.29 is 69.1 Å². The fourth-order valence-electron chi connectivity index (χ4n) is 9.19. The molecule has 0 fully saturated rings. The minimum atomic E-state index is -6.00. The Kier molecular flexibility index (Phi) is 31.7. The number of rotatable bonds is 8. The van der Waals surface area contributed by atoms with E-state index in [0.717, 1.165) is 0 Å². The van der Waals surface area contributed by atoms with Crippen LogP contribution in [0.4, 0.5) is 69.1 Å². The highest BCUT2D eigenvalue weighted by molar-refractivity contribution is 7.61. The van der Waals surface area contributed by atoms with Crippen molar-refractivity contribution in [2.24, 2.45) is 0 Å². The summed E-state index contributed by atoms with van der Waals surface area (Å²) in [5.74, 6) is 0. The second kappa shape index (κ2) is 29.3. The second-order valence-electron chi connectivity index (χ2n) is 26.1. The highest BCUT2D eigenvalue weighted by Crippen LogP contribution is 2.65. The van der Waals surface area contributed by atoms with Crippen LogP contribution in [0.5, 0.6) is 0 Å². The molecule has 0 saturated heterocycles. The maximum atomic E-state index is 9.75. The van der Waals surface area contributed by atoms with Crippen LogP contribution in [0.3, 0.4) is 0 Å². The highest BCUT2D eigenvalue weighted by Gasteiger charge is 2.46. The zero-order chi connectivity index (χ0) is 59.1. The second-order valence-corrected chi connectivity index (χ2v) is 43.4. The molecule has 0 unspecified atom stereocenters. The van der Waals surface area contributed by atoms with Gasteiger partial charge in [0.25, 0.3) is 0 Å². The van der Waals surface area contributed by atoms with Gasteiger partial charge in [-0.1, -0.05) is 48.5 Å². The van der Waals surface area contributed by atoms with E-state index in [2.05, 4.69) is 215 Å². The zero-order valence-electron chi connectivity index (χ0n) is 47.8. The Balaban J connectivity index is -0.000000466. The van der Waals surface area contributed by atoms with Crippen molar-refractivity contribution >= 4 is 60.7 Å². The molecule has 0 radical (unpaired) electrons. The molecule has 24 heteroatoms. The Morgan fingerprint density at radius 3 is 0.389 bits per heavy atom. The summed E-state index contributed by atoms with van der Waals surface area (Å²) in [6.07, 6.45) is 5.16. The first-order valence-electron chi connectivity index (χ1n) is 24.0. The van der Waals surface area contributed by atoms with Gasteiger partial charge in [-0.2, -0.15) is 0 Å². The van der Waals surface area contributed by atoms with Crippen LogP contribution in [0.1, 0.15) is 188 Å². The summed E-state index contributed by atoms with van der Waals surface area (Å²) in [7, 11) is -26.2. The van der Waals surface area contributed by atoms with Crippen LogP contribution in [0.2, 0.25) is 0 Å². The van der Waals surface area contributed by atoms with Gasteiger partial charge >= 0.3 is 29.0 Å². The third-order valence-corrected chi connectivity index (χ3v) is 28.4. The first kappa shape index (κ1) is 77.8. The molecule has 2 aromatic rings. The highest BCUT2D eigenvalue weighted by atomic mass is 31.1. The summed E-state index contributed by atoms with van der Waals surface area (Å²) >= 11 is 0. The van der Waals surface area contributed by atoms with E-state index < -0.39 is 60.7 Å². The zero-order valence-corrected chi connectivity index (χ0v) is 51.8. The molecule has 2 aromatic carbocycles. The fraction of sp³-hybridized carbons (Fsp3) is 0.750. The topological polar surface area (TPSA) is 0 Å². The van der Waals surface area contributed by atoms with Crippen LogP contribution >= 0.6 is 31.7 Å². The van der Waals surface area contributed by atoms with E-state index >= 15 is 0 Å². The van der Waals surface area contributed by atoms with Gasteiger partial charge < -0.3 is 69.1 Å². The lowest BCUT2D eigenvalue weighted by Crippen LogP contribution is -2.27. The van der Waals surface area contributed by atoms with Gasteiger partial charge in [0, 0.05) is 31.7 Å². The van der Waals surface area contributed by atoms with Crippen LogP contribution in [0.25, 0.3) is 0 Å². The van der Waals surface area contributed by atoms with Gasteiger partial charge in [0.1, 0.15) is 0 Å². The molecule has 0 N–H and O–H groups in total. The largest absolute Gasteiger partial charge is 0.673 e. The molecule has 2 rings (SSSR count). The molecular formula is C48H92B4F16P4.